The van der Waals surface area contributed by atoms with E-state index in [2.05, 4.69) is 25.7 Å². The first-order valence-corrected chi connectivity index (χ1v) is 4.58. The molecular formula is C8H7BrF2N2O2. The van der Waals surface area contributed by atoms with Crippen LogP contribution in [0, 0.1) is 0 Å². The van der Waals surface area contributed by atoms with Gasteiger partial charge in [-0.2, -0.15) is 0 Å². The lowest BCUT2D eigenvalue weighted by Gasteiger charge is -2.08. The molecule has 0 spiro atoms. The lowest BCUT2D eigenvalue weighted by molar-refractivity contribution is 0.0592. The topological polar surface area (TPSA) is 65.2 Å². The van der Waals surface area contributed by atoms with Crippen LogP contribution in [-0.4, -0.2) is 18.1 Å². The Morgan fingerprint density at radius 3 is 2.73 bits per heavy atom. The minimum Gasteiger partial charge on any atom is -0.464 e. The third-order valence-corrected chi connectivity index (χ3v) is 2.50. The number of nitrogens with zero attached hydrogens (tertiary/aromatic N) is 1. The molecule has 0 aliphatic rings. The molecule has 0 radical (unpaired) electrons. The van der Waals surface area contributed by atoms with Gasteiger partial charge < -0.3 is 10.5 Å². The van der Waals surface area contributed by atoms with E-state index in [0.29, 0.717) is 0 Å². The maximum absolute atomic E-state index is 12.4. The zero-order valence-electron chi connectivity index (χ0n) is 7.63. The normalized spacial score (nSPS) is 10.5. The van der Waals surface area contributed by atoms with Crippen LogP contribution in [0.1, 0.15) is 22.5 Å². The number of pyridine rings is 1. The predicted molar refractivity (Wildman–Crippen MR) is 52.6 cm³/mol. The summed E-state index contributed by atoms with van der Waals surface area (Å²) in [6.45, 7) is 0. The number of esters is 1. The molecule has 0 amide bonds. The molecule has 1 heterocycles. The second kappa shape index (κ2) is 4.52. The molecule has 0 unspecified atom stereocenters. The Morgan fingerprint density at radius 1 is 1.67 bits per heavy atom. The summed E-state index contributed by atoms with van der Waals surface area (Å²) in [4.78, 5) is 14.7. The second-order valence-electron chi connectivity index (χ2n) is 2.58. The number of carbonyl (C=O) groups is 1. The minimum atomic E-state index is -2.74. The van der Waals surface area contributed by atoms with Crippen molar-refractivity contribution >= 4 is 27.6 Å². The first-order chi connectivity index (χ1) is 6.99. The number of halogens is 3. The van der Waals surface area contributed by atoms with Gasteiger partial charge in [-0.3, -0.25) is 0 Å². The standard InChI is InChI=1S/C8H7BrF2N2O2/c1-15-8(14)6-4(9)5(12)3(2-13-6)7(10)11/h2,7H,1H3,(H2,12,13). The maximum Gasteiger partial charge on any atom is 0.357 e. The number of nitrogens with two attached hydrogens (primary N) is 1. The van der Waals surface area contributed by atoms with E-state index in [4.69, 9.17) is 5.73 Å². The first kappa shape index (κ1) is 11.8. The van der Waals surface area contributed by atoms with Gasteiger partial charge in [0, 0.05) is 6.20 Å². The highest BCUT2D eigenvalue weighted by atomic mass is 79.9. The number of anilines is 1. The second-order valence-corrected chi connectivity index (χ2v) is 3.38. The molecule has 0 bridgehead atoms. The molecule has 1 rings (SSSR count). The number of alkyl halides is 2. The summed E-state index contributed by atoms with van der Waals surface area (Å²) in [6, 6.07) is 0. The zero-order chi connectivity index (χ0) is 11.6. The van der Waals surface area contributed by atoms with Gasteiger partial charge in [0.1, 0.15) is 0 Å². The van der Waals surface area contributed by atoms with Gasteiger partial charge in [0.2, 0.25) is 0 Å². The van der Waals surface area contributed by atoms with Crippen molar-refractivity contribution in [2.24, 2.45) is 0 Å². The third kappa shape index (κ3) is 2.23. The number of hydrogen-bond acceptors (Lipinski definition) is 4. The zero-order valence-corrected chi connectivity index (χ0v) is 9.22. The van der Waals surface area contributed by atoms with Gasteiger partial charge in [-0.05, 0) is 15.9 Å². The summed E-state index contributed by atoms with van der Waals surface area (Å²) < 4.78 is 29.1. The Morgan fingerprint density at radius 2 is 2.27 bits per heavy atom. The number of aromatic nitrogens is 1. The highest BCUT2D eigenvalue weighted by Gasteiger charge is 2.20. The van der Waals surface area contributed by atoms with E-state index in [-0.39, 0.29) is 15.9 Å². The van der Waals surface area contributed by atoms with E-state index in [0.717, 1.165) is 13.3 Å². The van der Waals surface area contributed by atoms with Crippen molar-refractivity contribution in [2.45, 2.75) is 6.43 Å². The van der Waals surface area contributed by atoms with Crippen LogP contribution in [-0.2, 0) is 4.74 Å². The molecule has 15 heavy (non-hydrogen) atoms. The van der Waals surface area contributed by atoms with Crippen molar-refractivity contribution in [3.8, 4) is 0 Å². The molecule has 2 N–H and O–H groups in total. The summed E-state index contributed by atoms with van der Waals surface area (Å²) in [5.41, 5.74) is 4.65. The molecule has 0 saturated heterocycles. The van der Waals surface area contributed by atoms with Gasteiger partial charge in [0.15, 0.2) is 5.69 Å². The molecule has 0 aliphatic carbocycles. The Labute approximate surface area is 92.6 Å². The molecule has 0 aromatic carbocycles. The molecule has 1 aromatic rings. The van der Waals surface area contributed by atoms with Crippen LogP contribution >= 0.6 is 15.9 Å². The molecule has 4 nitrogen and oxygen atoms in total. The number of nitrogen functional groups attached to an aromatic ring is 1. The van der Waals surface area contributed by atoms with Crippen LogP contribution in [0.4, 0.5) is 14.5 Å². The third-order valence-electron chi connectivity index (χ3n) is 1.70. The van der Waals surface area contributed by atoms with Crippen LogP contribution in [0.3, 0.4) is 0 Å². The van der Waals surface area contributed by atoms with Crippen LogP contribution in [0.15, 0.2) is 10.7 Å². The fourth-order valence-electron chi connectivity index (χ4n) is 0.927. The highest BCUT2D eigenvalue weighted by molar-refractivity contribution is 9.10. The Hall–Kier alpha value is -1.24. The van der Waals surface area contributed by atoms with Gasteiger partial charge in [-0.15, -0.1) is 0 Å². The van der Waals surface area contributed by atoms with E-state index in [1.54, 1.807) is 0 Å². The molecule has 82 valence electrons. The van der Waals surface area contributed by atoms with Gasteiger partial charge >= 0.3 is 5.97 Å². The molecule has 7 heteroatoms. The molecule has 1 aromatic heterocycles. The van der Waals surface area contributed by atoms with Crippen molar-refractivity contribution in [3.63, 3.8) is 0 Å². The Bertz CT molecular complexity index is 398. The van der Waals surface area contributed by atoms with E-state index in [1.165, 1.54) is 0 Å². The Balaban J connectivity index is 3.27. The molecule has 0 aliphatic heterocycles. The molecule has 0 saturated carbocycles. The molecular weight excluding hydrogens is 274 g/mol. The van der Waals surface area contributed by atoms with Gasteiger partial charge in [-0.25, -0.2) is 18.6 Å². The Kier molecular flexibility index (Phi) is 3.57. The lowest BCUT2D eigenvalue weighted by Crippen LogP contribution is -2.09. The van der Waals surface area contributed by atoms with E-state index in [1.807, 2.05) is 0 Å². The molecule has 0 fully saturated rings. The number of methoxy groups -OCH3 is 1. The SMILES string of the molecule is COC(=O)c1ncc(C(F)F)c(N)c1Br. The largest absolute Gasteiger partial charge is 0.464 e. The van der Waals surface area contributed by atoms with Crippen LogP contribution in [0.2, 0.25) is 0 Å². The minimum absolute atomic E-state index is 0.0205. The summed E-state index contributed by atoms with van der Waals surface area (Å²) in [7, 11) is 1.16. The fraction of sp³-hybridized carbons (Fsp3) is 0.250. The summed E-state index contributed by atoms with van der Waals surface area (Å²) in [5.74, 6) is -0.741. The van der Waals surface area contributed by atoms with Crippen LogP contribution in [0.5, 0.6) is 0 Å². The van der Waals surface area contributed by atoms with Crippen molar-refractivity contribution in [2.75, 3.05) is 12.8 Å². The van der Waals surface area contributed by atoms with Crippen molar-refractivity contribution < 1.29 is 18.3 Å². The van der Waals surface area contributed by atoms with Crippen molar-refractivity contribution in [3.05, 3.63) is 21.9 Å². The fourth-order valence-corrected chi connectivity index (χ4v) is 1.42. The molecule has 0 atom stereocenters. The van der Waals surface area contributed by atoms with Crippen molar-refractivity contribution in [1.82, 2.24) is 4.98 Å². The van der Waals surface area contributed by atoms with Gasteiger partial charge in [-0.1, -0.05) is 0 Å². The predicted octanol–water partition coefficient (Wildman–Crippen LogP) is 2.15. The number of rotatable bonds is 2. The van der Waals surface area contributed by atoms with E-state index >= 15 is 0 Å². The van der Waals surface area contributed by atoms with Crippen LogP contribution < -0.4 is 5.73 Å². The van der Waals surface area contributed by atoms with Gasteiger partial charge in [0.25, 0.3) is 6.43 Å². The number of hydrogen-bond donors (Lipinski definition) is 1. The summed E-state index contributed by atoms with van der Waals surface area (Å²) in [6.07, 6.45) is -1.88. The number of ether oxygens (including phenoxy) is 1. The average molecular weight is 281 g/mol. The number of carbonyl (C=O) groups excluding carboxylic acids is 1. The van der Waals surface area contributed by atoms with E-state index < -0.39 is 18.0 Å². The lowest BCUT2D eigenvalue weighted by atomic mass is 10.2. The van der Waals surface area contributed by atoms with Crippen molar-refractivity contribution in [1.29, 1.82) is 0 Å². The quantitative estimate of drug-likeness (QED) is 0.843. The van der Waals surface area contributed by atoms with E-state index in [9.17, 15) is 13.6 Å². The monoisotopic (exact) mass is 280 g/mol. The summed E-state index contributed by atoms with van der Waals surface area (Å²) >= 11 is 2.92. The maximum atomic E-state index is 12.4. The smallest absolute Gasteiger partial charge is 0.357 e. The first-order valence-electron chi connectivity index (χ1n) is 3.79. The average Bonchev–Trinajstić information content (AvgIpc) is 2.20. The summed E-state index contributed by atoms with van der Waals surface area (Å²) in [5, 5.41) is 0. The van der Waals surface area contributed by atoms with Crippen LogP contribution in [0.25, 0.3) is 0 Å². The highest BCUT2D eigenvalue weighted by Crippen LogP contribution is 2.32. The van der Waals surface area contributed by atoms with Gasteiger partial charge in [0.05, 0.1) is 22.8 Å².